The molecule has 1 aliphatic heterocycles. The van der Waals surface area contributed by atoms with E-state index in [4.69, 9.17) is 10.5 Å². The lowest BCUT2D eigenvalue weighted by Crippen LogP contribution is -2.22. The first kappa shape index (κ1) is 12.4. The highest BCUT2D eigenvalue weighted by Gasteiger charge is 2.18. The summed E-state index contributed by atoms with van der Waals surface area (Å²) in [6.45, 7) is 7.04. The first-order valence-corrected chi connectivity index (χ1v) is 6.68. The van der Waals surface area contributed by atoms with Gasteiger partial charge < -0.3 is 10.5 Å². The molecule has 0 saturated carbocycles. The maximum absolute atomic E-state index is 6.12. The van der Waals surface area contributed by atoms with Crippen LogP contribution in [0.2, 0.25) is 0 Å². The van der Waals surface area contributed by atoms with Gasteiger partial charge in [-0.25, -0.2) is 0 Å². The van der Waals surface area contributed by atoms with Crippen molar-refractivity contribution in [1.29, 1.82) is 0 Å². The summed E-state index contributed by atoms with van der Waals surface area (Å²) >= 11 is 0. The van der Waals surface area contributed by atoms with Crippen molar-refractivity contribution in [2.75, 3.05) is 18.9 Å². The summed E-state index contributed by atoms with van der Waals surface area (Å²) < 4.78 is 7.52. The summed E-state index contributed by atoms with van der Waals surface area (Å²) in [4.78, 5) is 0. The summed E-state index contributed by atoms with van der Waals surface area (Å²) in [6, 6.07) is 0. The fraction of sp³-hybridized carbons (Fsp3) is 0.769. The normalized spacial score (nSPS) is 17.5. The third kappa shape index (κ3) is 2.63. The lowest BCUT2D eigenvalue weighted by atomic mass is 10.0. The Hall–Kier alpha value is -1.03. The van der Waals surface area contributed by atoms with Gasteiger partial charge in [0.2, 0.25) is 0 Å². The second-order valence-electron chi connectivity index (χ2n) is 4.75. The number of nitrogens with two attached hydrogens (primary N) is 1. The van der Waals surface area contributed by atoms with Crippen molar-refractivity contribution in [2.24, 2.45) is 5.92 Å². The van der Waals surface area contributed by atoms with Crippen LogP contribution in [0.25, 0.3) is 0 Å². The molecule has 0 radical (unpaired) electrons. The van der Waals surface area contributed by atoms with Gasteiger partial charge in [0.15, 0.2) is 0 Å². The van der Waals surface area contributed by atoms with Gasteiger partial charge >= 0.3 is 0 Å². The van der Waals surface area contributed by atoms with Crippen LogP contribution in [0.3, 0.4) is 0 Å². The Kier molecular flexibility index (Phi) is 4.05. The lowest BCUT2D eigenvalue weighted by Gasteiger charge is -2.22. The molecule has 0 unspecified atom stereocenters. The van der Waals surface area contributed by atoms with Crippen molar-refractivity contribution in [2.45, 2.75) is 46.1 Å². The molecule has 2 heterocycles. The van der Waals surface area contributed by atoms with Gasteiger partial charge in [-0.2, -0.15) is 5.10 Å². The lowest BCUT2D eigenvalue weighted by molar-refractivity contribution is 0.0598. The van der Waals surface area contributed by atoms with Gasteiger partial charge in [-0.05, 0) is 31.6 Å². The third-order valence-electron chi connectivity index (χ3n) is 3.62. The Labute approximate surface area is 103 Å². The number of ether oxygens (including phenoxy) is 1. The van der Waals surface area contributed by atoms with Gasteiger partial charge in [0.05, 0.1) is 17.1 Å². The van der Waals surface area contributed by atoms with Gasteiger partial charge in [-0.3, -0.25) is 4.68 Å². The van der Waals surface area contributed by atoms with Crippen LogP contribution in [0.5, 0.6) is 0 Å². The van der Waals surface area contributed by atoms with Crippen molar-refractivity contribution in [3.05, 3.63) is 11.4 Å². The molecule has 2 N–H and O–H groups in total. The molecule has 4 heteroatoms. The van der Waals surface area contributed by atoms with Crippen LogP contribution in [0.15, 0.2) is 0 Å². The number of rotatable bonds is 4. The summed E-state index contributed by atoms with van der Waals surface area (Å²) in [6.07, 6.45) is 4.16. The van der Waals surface area contributed by atoms with Crippen LogP contribution in [-0.4, -0.2) is 23.0 Å². The Balaban J connectivity index is 2.13. The molecular weight excluding hydrogens is 214 g/mol. The van der Waals surface area contributed by atoms with Crippen molar-refractivity contribution < 1.29 is 4.74 Å². The summed E-state index contributed by atoms with van der Waals surface area (Å²) in [5.41, 5.74) is 9.28. The van der Waals surface area contributed by atoms with Crippen LogP contribution in [0.4, 0.5) is 5.69 Å². The molecule has 0 aliphatic carbocycles. The quantitative estimate of drug-likeness (QED) is 0.871. The number of hydrogen-bond donors (Lipinski definition) is 1. The molecule has 1 saturated heterocycles. The highest BCUT2D eigenvalue weighted by molar-refractivity contribution is 5.48. The first-order valence-electron chi connectivity index (χ1n) is 6.68. The fourth-order valence-corrected chi connectivity index (χ4v) is 2.52. The van der Waals surface area contributed by atoms with Crippen LogP contribution < -0.4 is 5.73 Å². The number of aryl methyl sites for hydroxylation is 1. The molecule has 2 rings (SSSR count). The van der Waals surface area contributed by atoms with E-state index in [9.17, 15) is 0 Å². The standard InChI is InChI=1S/C13H23N3O/c1-3-11-13(14)12(4-2)16(15-11)9-10-5-7-17-8-6-10/h10H,3-9,14H2,1-2H3. The molecule has 0 amide bonds. The molecule has 1 aliphatic rings. The molecule has 0 bridgehead atoms. The third-order valence-corrected chi connectivity index (χ3v) is 3.62. The van der Waals surface area contributed by atoms with Crippen molar-refractivity contribution in [3.8, 4) is 0 Å². The first-order chi connectivity index (χ1) is 8.26. The minimum absolute atomic E-state index is 0.693. The molecule has 96 valence electrons. The molecular formula is C13H23N3O. The van der Waals surface area contributed by atoms with E-state index in [0.717, 1.165) is 56.8 Å². The SMILES string of the molecule is CCc1nn(CC2CCOCC2)c(CC)c1N. The Morgan fingerprint density at radius 1 is 1.29 bits per heavy atom. The molecule has 4 nitrogen and oxygen atoms in total. The Bertz CT molecular complexity index is 367. The zero-order valence-electron chi connectivity index (χ0n) is 10.9. The average Bonchev–Trinajstić information content (AvgIpc) is 2.66. The van der Waals surface area contributed by atoms with Gasteiger partial charge in [-0.1, -0.05) is 13.8 Å². The maximum Gasteiger partial charge on any atom is 0.0854 e. The van der Waals surface area contributed by atoms with Gasteiger partial charge in [0.1, 0.15) is 0 Å². The van der Waals surface area contributed by atoms with Gasteiger partial charge in [0.25, 0.3) is 0 Å². The number of nitrogen functional groups attached to an aromatic ring is 1. The van der Waals surface area contributed by atoms with E-state index >= 15 is 0 Å². The molecule has 1 fully saturated rings. The monoisotopic (exact) mass is 237 g/mol. The maximum atomic E-state index is 6.12. The van der Waals surface area contributed by atoms with E-state index in [1.807, 2.05) is 0 Å². The van der Waals surface area contributed by atoms with Crippen molar-refractivity contribution in [1.82, 2.24) is 9.78 Å². The highest BCUT2D eigenvalue weighted by Crippen LogP contribution is 2.22. The predicted molar refractivity (Wildman–Crippen MR) is 68.9 cm³/mol. The number of nitrogens with zero attached hydrogens (tertiary/aromatic N) is 2. The zero-order chi connectivity index (χ0) is 12.3. The summed E-state index contributed by atoms with van der Waals surface area (Å²) in [5, 5.41) is 4.64. The minimum Gasteiger partial charge on any atom is -0.396 e. The molecule has 0 atom stereocenters. The van der Waals surface area contributed by atoms with E-state index in [1.54, 1.807) is 0 Å². The van der Waals surface area contributed by atoms with E-state index in [1.165, 1.54) is 5.69 Å². The Morgan fingerprint density at radius 2 is 2.00 bits per heavy atom. The molecule has 1 aromatic rings. The molecule has 17 heavy (non-hydrogen) atoms. The largest absolute Gasteiger partial charge is 0.396 e. The van der Waals surface area contributed by atoms with Gasteiger partial charge in [-0.15, -0.1) is 0 Å². The van der Waals surface area contributed by atoms with E-state index < -0.39 is 0 Å². The number of hydrogen-bond acceptors (Lipinski definition) is 3. The second kappa shape index (κ2) is 5.54. The molecule has 0 aromatic carbocycles. The van der Waals surface area contributed by atoms with Crippen LogP contribution in [0, 0.1) is 5.92 Å². The fourth-order valence-electron chi connectivity index (χ4n) is 2.52. The highest BCUT2D eigenvalue weighted by atomic mass is 16.5. The van der Waals surface area contributed by atoms with Crippen molar-refractivity contribution in [3.63, 3.8) is 0 Å². The molecule has 1 aromatic heterocycles. The van der Waals surface area contributed by atoms with Gasteiger partial charge in [0, 0.05) is 19.8 Å². The van der Waals surface area contributed by atoms with E-state index in [0.29, 0.717) is 5.92 Å². The van der Waals surface area contributed by atoms with Crippen LogP contribution >= 0.6 is 0 Å². The predicted octanol–water partition coefficient (Wildman–Crippen LogP) is 2.02. The van der Waals surface area contributed by atoms with Crippen molar-refractivity contribution >= 4 is 5.69 Å². The number of anilines is 1. The zero-order valence-corrected chi connectivity index (χ0v) is 10.9. The smallest absolute Gasteiger partial charge is 0.0854 e. The van der Waals surface area contributed by atoms with E-state index in [2.05, 4.69) is 23.6 Å². The van der Waals surface area contributed by atoms with Crippen LogP contribution in [-0.2, 0) is 24.1 Å². The second-order valence-corrected chi connectivity index (χ2v) is 4.75. The van der Waals surface area contributed by atoms with Crippen LogP contribution in [0.1, 0.15) is 38.1 Å². The number of aromatic nitrogens is 2. The summed E-state index contributed by atoms with van der Waals surface area (Å²) in [5.74, 6) is 0.693. The molecule has 0 spiro atoms. The topological polar surface area (TPSA) is 53.1 Å². The summed E-state index contributed by atoms with van der Waals surface area (Å²) in [7, 11) is 0. The average molecular weight is 237 g/mol. The minimum atomic E-state index is 0.693. The Morgan fingerprint density at radius 3 is 2.59 bits per heavy atom. The van der Waals surface area contributed by atoms with E-state index in [-0.39, 0.29) is 0 Å².